The summed E-state index contributed by atoms with van der Waals surface area (Å²) < 4.78 is 8.57. The number of hydrogen-bond acceptors (Lipinski definition) is 8. The first-order valence-electron chi connectivity index (χ1n) is 10.6. The first kappa shape index (κ1) is 21.4. The minimum atomic E-state index is -0.481. The van der Waals surface area contributed by atoms with E-state index in [1.165, 1.54) is 21.8 Å². The predicted octanol–water partition coefficient (Wildman–Crippen LogP) is 1.48. The van der Waals surface area contributed by atoms with Crippen molar-refractivity contribution in [2.24, 2.45) is 0 Å². The van der Waals surface area contributed by atoms with Crippen molar-refractivity contribution in [2.45, 2.75) is 13.5 Å². The van der Waals surface area contributed by atoms with Gasteiger partial charge in [-0.15, -0.1) is 11.3 Å². The summed E-state index contributed by atoms with van der Waals surface area (Å²) in [5.41, 5.74) is 1.63. The number of rotatable bonds is 5. The third kappa shape index (κ3) is 4.06. The number of aromatic nitrogens is 4. The number of morpholine rings is 1. The van der Waals surface area contributed by atoms with E-state index in [0.29, 0.717) is 48.1 Å². The number of carbonyl (C=O) groups excluding carboxylic acids is 1. The van der Waals surface area contributed by atoms with Crippen LogP contribution >= 0.6 is 11.3 Å². The molecule has 10 nitrogen and oxygen atoms in total. The standard InChI is InChI=1S/C22H23N7O3S/c1-14-3-2-5-29-18(14)25-19-16(21(29)31)13-15(20(30)26-22-24-4-12-33-22)17(23)28(19)7-6-27-8-10-32-11-9-27/h2-5,12-13,23H,6-11H2,1H3,(H,24,26,30). The Labute approximate surface area is 192 Å². The Balaban J connectivity index is 1.67. The van der Waals surface area contributed by atoms with Crippen molar-refractivity contribution >= 4 is 39.1 Å². The van der Waals surface area contributed by atoms with E-state index in [4.69, 9.17) is 15.1 Å². The van der Waals surface area contributed by atoms with E-state index in [9.17, 15) is 9.59 Å². The fourth-order valence-corrected chi connectivity index (χ4v) is 4.53. The van der Waals surface area contributed by atoms with Crippen molar-refractivity contribution in [1.82, 2.24) is 23.8 Å². The minimum Gasteiger partial charge on any atom is -0.379 e. The van der Waals surface area contributed by atoms with Crippen molar-refractivity contribution in [3.05, 3.63) is 62.9 Å². The number of pyridine rings is 2. The van der Waals surface area contributed by atoms with Crippen LogP contribution < -0.4 is 16.4 Å². The van der Waals surface area contributed by atoms with Crippen LogP contribution in [0.25, 0.3) is 16.7 Å². The number of hydrogen-bond donors (Lipinski definition) is 2. The number of carbonyl (C=O) groups is 1. The van der Waals surface area contributed by atoms with Gasteiger partial charge in [0.15, 0.2) is 5.13 Å². The molecule has 5 rings (SSSR count). The molecular weight excluding hydrogens is 442 g/mol. The zero-order chi connectivity index (χ0) is 22.9. The Kier molecular flexibility index (Phi) is 5.75. The molecule has 0 atom stereocenters. The molecule has 0 spiro atoms. The van der Waals surface area contributed by atoms with Crippen LogP contribution in [0.2, 0.25) is 0 Å². The second kappa shape index (κ2) is 8.85. The molecule has 1 amide bonds. The molecule has 11 heteroatoms. The summed E-state index contributed by atoms with van der Waals surface area (Å²) in [6.45, 7) is 5.90. The van der Waals surface area contributed by atoms with Crippen LogP contribution in [0.5, 0.6) is 0 Å². The molecular formula is C22H23N7O3S. The van der Waals surface area contributed by atoms with Crippen molar-refractivity contribution < 1.29 is 9.53 Å². The molecule has 1 saturated heterocycles. The largest absolute Gasteiger partial charge is 0.379 e. The zero-order valence-electron chi connectivity index (χ0n) is 18.1. The van der Waals surface area contributed by atoms with Crippen LogP contribution in [-0.4, -0.2) is 62.6 Å². The molecule has 4 aromatic rings. The molecule has 0 aromatic carbocycles. The molecule has 33 heavy (non-hydrogen) atoms. The van der Waals surface area contributed by atoms with Gasteiger partial charge in [0.05, 0.1) is 24.2 Å². The first-order valence-corrected chi connectivity index (χ1v) is 11.5. The van der Waals surface area contributed by atoms with Gasteiger partial charge in [0.1, 0.15) is 16.8 Å². The Morgan fingerprint density at radius 2 is 2.09 bits per heavy atom. The van der Waals surface area contributed by atoms with Crippen LogP contribution in [0, 0.1) is 12.3 Å². The second-order valence-electron chi connectivity index (χ2n) is 7.84. The lowest BCUT2D eigenvalue weighted by Crippen LogP contribution is -2.40. The first-order chi connectivity index (χ1) is 16.0. The average molecular weight is 466 g/mol. The Bertz CT molecular complexity index is 1450. The molecule has 0 saturated carbocycles. The van der Waals surface area contributed by atoms with Crippen LogP contribution in [-0.2, 0) is 11.3 Å². The Morgan fingerprint density at radius 1 is 1.27 bits per heavy atom. The normalized spacial score (nSPS) is 14.7. The predicted molar refractivity (Wildman–Crippen MR) is 125 cm³/mol. The van der Waals surface area contributed by atoms with E-state index in [2.05, 4.69) is 15.2 Å². The third-order valence-corrected chi connectivity index (χ3v) is 6.46. The minimum absolute atomic E-state index is 0.00893. The lowest BCUT2D eigenvalue weighted by Gasteiger charge is -2.27. The number of fused-ring (bicyclic) bond motifs is 2. The summed E-state index contributed by atoms with van der Waals surface area (Å²) in [5.74, 6) is -0.481. The van der Waals surface area contributed by atoms with Gasteiger partial charge in [0.25, 0.3) is 11.5 Å². The zero-order valence-corrected chi connectivity index (χ0v) is 18.9. The highest BCUT2D eigenvalue weighted by Gasteiger charge is 2.19. The van der Waals surface area contributed by atoms with Gasteiger partial charge in [-0.2, -0.15) is 0 Å². The lowest BCUT2D eigenvalue weighted by atomic mass is 10.2. The molecule has 4 aromatic heterocycles. The maximum atomic E-state index is 13.4. The Hall–Kier alpha value is -3.41. The summed E-state index contributed by atoms with van der Waals surface area (Å²) in [7, 11) is 0. The molecule has 0 radical (unpaired) electrons. The molecule has 5 heterocycles. The Morgan fingerprint density at radius 3 is 2.85 bits per heavy atom. The average Bonchev–Trinajstić information content (AvgIpc) is 3.33. The van der Waals surface area contributed by atoms with Gasteiger partial charge < -0.3 is 9.30 Å². The fourth-order valence-electron chi connectivity index (χ4n) is 4.00. The number of anilines is 1. The van der Waals surface area contributed by atoms with Crippen LogP contribution in [0.3, 0.4) is 0 Å². The molecule has 0 bridgehead atoms. The van der Waals surface area contributed by atoms with E-state index in [0.717, 1.165) is 18.7 Å². The molecule has 1 aliphatic heterocycles. The van der Waals surface area contributed by atoms with E-state index in [-0.39, 0.29) is 16.6 Å². The second-order valence-corrected chi connectivity index (χ2v) is 8.74. The summed E-state index contributed by atoms with van der Waals surface area (Å²) in [6.07, 6.45) is 3.26. The van der Waals surface area contributed by atoms with Crippen LogP contribution in [0.1, 0.15) is 15.9 Å². The number of nitrogens with zero attached hydrogens (tertiary/aromatic N) is 5. The molecule has 0 unspecified atom stereocenters. The number of ether oxygens (including phenoxy) is 1. The molecule has 0 aliphatic carbocycles. The smallest absolute Gasteiger partial charge is 0.267 e. The molecule has 1 fully saturated rings. The van der Waals surface area contributed by atoms with Gasteiger partial charge in [-0.05, 0) is 24.6 Å². The van der Waals surface area contributed by atoms with Crippen molar-refractivity contribution in [1.29, 1.82) is 5.41 Å². The quantitative estimate of drug-likeness (QED) is 0.431. The van der Waals surface area contributed by atoms with E-state index < -0.39 is 5.91 Å². The number of amides is 1. The van der Waals surface area contributed by atoms with Gasteiger partial charge in [-0.25, -0.2) is 9.97 Å². The van der Waals surface area contributed by atoms with Gasteiger partial charge >= 0.3 is 0 Å². The maximum Gasteiger partial charge on any atom is 0.267 e. The molecule has 2 N–H and O–H groups in total. The number of nitrogens with one attached hydrogen (secondary N) is 2. The number of thiazole rings is 1. The highest BCUT2D eigenvalue weighted by molar-refractivity contribution is 7.13. The van der Waals surface area contributed by atoms with E-state index in [1.807, 2.05) is 13.0 Å². The lowest BCUT2D eigenvalue weighted by molar-refractivity contribution is 0.0363. The summed E-state index contributed by atoms with van der Waals surface area (Å²) >= 11 is 1.29. The molecule has 170 valence electrons. The monoisotopic (exact) mass is 465 g/mol. The van der Waals surface area contributed by atoms with Crippen molar-refractivity contribution in [2.75, 3.05) is 38.2 Å². The fraction of sp³-hybridized carbons (Fsp3) is 0.318. The van der Waals surface area contributed by atoms with Crippen molar-refractivity contribution in [3.8, 4) is 0 Å². The van der Waals surface area contributed by atoms with E-state index >= 15 is 0 Å². The van der Waals surface area contributed by atoms with Gasteiger partial charge in [0.2, 0.25) is 0 Å². The summed E-state index contributed by atoms with van der Waals surface area (Å²) in [4.78, 5) is 37.5. The summed E-state index contributed by atoms with van der Waals surface area (Å²) in [6, 6.07) is 5.15. The van der Waals surface area contributed by atoms with E-state index in [1.54, 1.807) is 28.4 Å². The van der Waals surface area contributed by atoms with Crippen molar-refractivity contribution in [3.63, 3.8) is 0 Å². The van der Waals surface area contributed by atoms with Crippen LogP contribution in [0.15, 0.2) is 40.8 Å². The third-order valence-electron chi connectivity index (χ3n) is 5.77. The van der Waals surface area contributed by atoms with Gasteiger partial charge in [0, 0.05) is 44.0 Å². The highest BCUT2D eigenvalue weighted by Crippen LogP contribution is 2.15. The number of aryl methyl sites for hydroxylation is 1. The SMILES string of the molecule is Cc1cccn2c(=O)c3cc(C(=O)Nc4nccs4)c(=N)n(CCN4CCOCC4)c3nc12. The topological polar surface area (TPSA) is 118 Å². The molecule has 1 aliphatic rings. The maximum absolute atomic E-state index is 13.4. The van der Waals surface area contributed by atoms with Gasteiger partial charge in [-0.3, -0.25) is 29.6 Å². The van der Waals surface area contributed by atoms with Gasteiger partial charge in [-0.1, -0.05) is 6.07 Å². The summed E-state index contributed by atoms with van der Waals surface area (Å²) in [5, 5.41) is 14.0. The van der Waals surface area contributed by atoms with Crippen LogP contribution in [0.4, 0.5) is 5.13 Å². The highest BCUT2D eigenvalue weighted by atomic mass is 32.1.